The predicted octanol–water partition coefficient (Wildman–Crippen LogP) is 1.89. The molecule has 1 amide bonds. The standard InChI is InChI=1S/C11H18N4OS/c1-3-8(6-7-4-5-7)13-9(16)10-14-15-11(12-2)17-10/h7-8H,3-6H2,1-2H3,(H,12,15)(H,13,16). The maximum absolute atomic E-state index is 11.9. The highest BCUT2D eigenvalue weighted by Crippen LogP contribution is 2.34. The van der Waals surface area contributed by atoms with Crippen LogP contribution < -0.4 is 10.6 Å². The molecule has 0 saturated heterocycles. The van der Waals surface area contributed by atoms with E-state index in [2.05, 4.69) is 27.8 Å². The lowest BCUT2D eigenvalue weighted by Gasteiger charge is -2.15. The van der Waals surface area contributed by atoms with Crippen molar-refractivity contribution in [1.29, 1.82) is 0 Å². The van der Waals surface area contributed by atoms with E-state index in [9.17, 15) is 4.79 Å². The SMILES string of the molecule is CCC(CC1CC1)NC(=O)c1nnc(NC)s1. The number of amides is 1. The van der Waals surface area contributed by atoms with E-state index in [0.29, 0.717) is 10.1 Å². The zero-order valence-corrected chi connectivity index (χ0v) is 11.0. The van der Waals surface area contributed by atoms with Crippen molar-refractivity contribution in [2.24, 2.45) is 5.92 Å². The van der Waals surface area contributed by atoms with Crippen molar-refractivity contribution in [1.82, 2.24) is 15.5 Å². The number of carbonyl (C=O) groups is 1. The van der Waals surface area contributed by atoms with Gasteiger partial charge in [-0.1, -0.05) is 31.1 Å². The summed E-state index contributed by atoms with van der Waals surface area (Å²) in [6, 6.07) is 0.275. The van der Waals surface area contributed by atoms with Crippen molar-refractivity contribution in [3.63, 3.8) is 0 Å². The van der Waals surface area contributed by atoms with Crippen LogP contribution in [-0.2, 0) is 0 Å². The van der Waals surface area contributed by atoms with Crippen LogP contribution in [0.4, 0.5) is 5.13 Å². The van der Waals surface area contributed by atoms with Gasteiger partial charge in [0.1, 0.15) is 0 Å². The lowest BCUT2D eigenvalue weighted by Crippen LogP contribution is -2.34. The number of hydrogen-bond donors (Lipinski definition) is 2. The first-order valence-corrected chi connectivity index (χ1v) is 6.86. The van der Waals surface area contributed by atoms with Gasteiger partial charge >= 0.3 is 0 Å². The van der Waals surface area contributed by atoms with Gasteiger partial charge in [0.25, 0.3) is 5.91 Å². The van der Waals surface area contributed by atoms with Crippen molar-refractivity contribution >= 4 is 22.4 Å². The molecule has 0 aromatic carbocycles. The molecule has 2 N–H and O–H groups in total. The average molecular weight is 254 g/mol. The number of nitrogens with zero attached hydrogens (tertiary/aromatic N) is 2. The number of anilines is 1. The Morgan fingerprint density at radius 2 is 2.29 bits per heavy atom. The highest BCUT2D eigenvalue weighted by Gasteiger charge is 2.26. The number of rotatable bonds is 6. The van der Waals surface area contributed by atoms with Crippen LogP contribution in [-0.4, -0.2) is 29.2 Å². The van der Waals surface area contributed by atoms with E-state index in [1.165, 1.54) is 24.2 Å². The van der Waals surface area contributed by atoms with Crippen LogP contribution in [0.5, 0.6) is 0 Å². The molecule has 17 heavy (non-hydrogen) atoms. The smallest absolute Gasteiger partial charge is 0.282 e. The Hall–Kier alpha value is -1.17. The summed E-state index contributed by atoms with van der Waals surface area (Å²) in [4.78, 5) is 11.9. The van der Waals surface area contributed by atoms with Gasteiger partial charge in [0.05, 0.1) is 0 Å². The molecule has 1 aromatic rings. The largest absolute Gasteiger partial charge is 0.363 e. The number of hydrogen-bond acceptors (Lipinski definition) is 5. The Kier molecular flexibility index (Phi) is 3.93. The van der Waals surface area contributed by atoms with E-state index < -0.39 is 0 Å². The fraction of sp³-hybridized carbons (Fsp3) is 0.727. The lowest BCUT2D eigenvalue weighted by atomic mass is 10.1. The fourth-order valence-electron chi connectivity index (χ4n) is 1.75. The van der Waals surface area contributed by atoms with Gasteiger partial charge in [0.15, 0.2) is 0 Å². The highest BCUT2D eigenvalue weighted by atomic mass is 32.1. The summed E-state index contributed by atoms with van der Waals surface area (Å²) in [5.74, 6) is 0.721. The molecule has 1 fully saturated rings. The quantitative estimate of drug-likeness (QED) is 0.813. The van der Waals surface area contributed by atoms with E-state index >= 15 is 0 Å². The molecule has 1 heterocycles. The maximum Gasteiger partial charge on any atom is 0.282 e. The maximum atomic E-state index is 11.9. The Bertz CT molecular complexity index is 389. The van der Waals surface area contributed by atoms with Gasteiger partial charge < -0.3 is 10.6 Å². The second-order valence-electron chi connectivity index (χ2n) is 4.42. The van der Waals surface area contributed by atoms with Gasteiger partial charge in [-0.2, -0.15) is 0 Å². The molecule has 1 saturated carbocycles. The van der Waals surface area contributed by atoms with Crippen molar-refractivity contribution in [3.8, 4) is 0 Å². The normalized spacial score (nSPS) is 16.6. The summed E-state index contributed by atoms with van der Waals surface area (Å²) in [7, 11) is 1.77. The van der Waals surface area contributed by atoms with Crippen LogP contribution >= 0.6 is 11.3 Å². The zero-order valence-electron chi connectivity index (χ0n) is 10.2. The molecule has 94 valence electrons. The molecular weight excluding hydrogens is 236 g/mol. The molecule has 0 aliphatic heterocycles. The number of carbonyl (C=O) groups excluding carboxylic acids is 1. The third kappa shape index (κ3) is 3.39. The third-order valence-electron chi connectivity index (χ3n) is 2.98. The molecule has 1 atom stereocenters. The van der Waals surface area contributed by atoms with Crippen molar-refractivity contribution in [2.75, 3.05) is 12.4 Å². The molecule has 1 aliphatic rings. The van der Waals surface area contributed by atoms with Gasteiger partial charge in [-0.05, 0) is 18.8 Å². The Labute approximate surface area is 105 Å². The topological polar surface area (TPSA) is 66.9 Å². The first-order valence-electron chi connectivity index (χ1n) is 6.05. The third-order valence-corrected chi connectivity index (χ3v) is 3.92. The Morgan fingerprint density at radius 1 is 1.53 bits per heavy atom. The predicted molar refractivity (Wildman–Crippen MR) is 68.3 cm³/mol. The summed E-state index contributed by atoms with van der Waals surface area (Å²) in [6.07, 6.45) is 4.70. The number of aromatic nitrogens is 2. The minimum atomic E-state index is -0.100. The summed E-state index contributed by atoms with van der Waals surface area (Å²) in [5.41, 5.74) is 0. The minimum Gasteiger partial charge on any atom is -0.363 e. The van der Waals surface area contributed by atoms with Crippen LogP contribution in [0.25, 0.3) is 0 Å². The van der Waals surface area contributed by atoms with Crippen molar-refractivity contribution < 1.29 is 4.79 Å². The molecule has 2 rings (SSSR count). The Morgan fingerprint density at radius 3 is 2.82 bits per heavy atom. The van der Waals surface area contributed by atoms with Gasteiger partial charge in [-0.3, -0.25) is 4.79 Å². The van der Waals surface area contributed by atoms with Crippen LogP contribution in [0.15, 0.2) is 0 Å². The molecular formula is C11H18N4OS. The van der Waals surface area contributed by atoms with Crippen LogP contribution in [0, 0.1) is 5.92 Å². The summed E-state index contributed by atoms with van der Waals surface area (Å²) >= 11 is 1.28. The van der Waals surface area contributed by atoms with Gasteiger partial charge in [0.2, 0.25) is 10.1 Å². The molecule has 1 aliphatic carbocycles. The molecule has 0 radical (unpaired) electrons. The van der Waals surface area contributed by atoms with Crippen molar-refractivity contribution in [2.45, 2.75) is 38.6 Å². The molecule has 6 heteroatoms. The first kappa shape index (κ1) is 12.3. The fourth-order valence-corrected chi connectivity index (χ4v) is 2.35. The zero-order chi connectivity index (χ0) is 12.3. The second kappa shape index (κ2) is 5.44. The minimum absolute atomic E-state index is 0.100. The van der Waals surface area contributed by atoms with Gasteiger partial charge in [-0.15, -0.1) is 10.2 Å². The average Bonchev–Trinajstić information content (AvgIpc) is 3.02. The monoisotopic (exact) mass is 254 g/mol. The molecule has 5 nitrogen and oxygen atoms in total. The van der Waals surface area contributed by atoms with E-state index in [1.807, 2.05) is 0 Å². The molecule has 0 bridgehead atoms. The lowest BCUT2D eigenvalue weighted by molar-refractivity contribution is 0.0931. The summed E-state index contributed by atoms with van der Waals surface area (Å²) < 4.78 is 0. The van der Waals surface area contributed by atoms with Crippen LogP contribution in [0.2, 0.25) is 0 Å². The van der Waals surface area contributed by atoms with E-state index in [0.717, 1.165) is 18.8 Å². The first-order chi connectivity index (χ1) is 8.22. The van der Waals surface area contributed by atoms with Gasteiger partial charge in [0, 0.05) is 13.1 Å². The molecule has 1 aromatic heterocycles. The van der Waals surface area contributed by atoms with Crippen LogP contribution in [0.1, 0.15) is 42.4 Å². The molecule has 1 unspecified atom stereocenters. The summed E-state index contributed by atoms with van der Waals surface area (Å²) in [5, 5.41) is 14.7. The van der Waals surface area contributed by atoms with Gasteiger partial charge in [-0.25, -0.2) is 0 Å². The molecule has 0 spiro atoms. The van der Waals surface area contributed by atoms with Crippen molar-refractivity contribution in [3.05, 3.63) is 5.01 Å². The summed E-state index contributed by atoms with van der Waals surface area (Å²) in [6.45, 7) is 2.10. The number of nitrogens with one attached hydrogen (secondary N) is 2. The second-order valence-corrected chi connectivity index (χ2v) is 5.40. The highest BCUT2D eigenvalue weighted by molar-refractivity contribution is 7.17. The van der Waals surface area contributed by atoms with Crippen LogP contribution in [0.3, 0.4) is 0 Å². The Balaban J connectivity index is 1.89. The van der Waals surface area contributed by atoms with E-state index in [4.69, 9.17) is 0 Å². The van der Waals surface area contributed by atoms with E-state index in [-0.39, 0.29) is 11.9 Å². The van der Waals surface area contributed by atoms with E-state index in [1.54, 1.807) is 7.05 Å².